The molecule has 3 aromatic rings. The third kappa shape index (κ3) is 4.34. The molecule has 0 unspecified atom stereocenters. The van der Waals surface area contributed by atoms with Crippen LogP contribution in [0.4, 0.5) is 5.69 Å². The highest BCUT2D eigenvalue weighted by Crippen LogP contribution is 2.21. The van der Waals surface area contributed by atoms with Gasteiger partial charge in [0.15, 0.2) is 0 Å². The van der Waals surface area contributed by atoms with Crippen molar-refractivity contribution in [3.05, 3.63) is 59.5 Å². The molecule has 27 heavy (non-hydrogen) atoms. The van der Waals surface area contributed by atoms with Crippen molar-refractivity contribution in [2.45, 2.75) is 26.7 Å². The second kappa shape index (κ2) is 8.03. The van der Waals surface area contributed by atoms with Crippen LogP contribution in [-0.2, 0) is 11.2 Å². The SMILES string of the molecule is COc1ccc(-c2noc(CCC(=O)N(C)c3ccc(C)c(C)c3)n2)cc1. The number of hydrogen-bond acceptors (Lipinski definition) is 5. The number of anilines is 1. The molecule has 0 spiro atoms. The molecule has 0 saturated carbocycles. The van der Waals surface area contributed by atoms with Gasteiger partial charge in [0.1, 0.15) is 5.75 Å². The Labute approximate surface area is 158 Å². The van der Waals surface area contributed by atoms with Crippen molar-refractivity contribution in [3.63, 3.8) is 0 Å². The minimum atomic E-state index is 0.00227. The Hall–Kier alpha value is -3.15. The molecule has 2 aromatic carbocycles. The average Bonchev–Trinajstić information content (AvgIpc) is 3.16. The predicted octanol–water partition coefficient (Wildman–Crippen LogP) is 3.96. The third-order valence-electron chi connectivity index (χ3n) is 4.62. The molecule has 0 aliphatic rings. The number of aryl methyl sites for hydroxylation is 3. The summed E-state index contributed by atoms with van der Waals surface area (Å²) in [4.78, 5) is 18.5. The van der Waals surface area contributed by atoms with E-state index in [0.717, 1.165) is 22.6 Å². The molecular formula is C21H23N3O3. The molecule has 0 N–H and O–H groups in total. The van der Waals surface area contributed by atoms with Crippen molar-refractivity contribution < 1.29 is 14.1 Å². The fourth-order valence-corrected chi connectivity index (χ4v) is 2.67. The van der Waals surface area contributed by atoms with E-state index in [1.165, 1.54) is 5.56 Å². The number of ether oxygens (including phenoxy) is 1. The van der Waals surface area contributed by atoms with E-state index in [0.29, 0.717) is 24.6 Å². The van der Waals surface area contributed by atoms with Crippen molar-refractivity contribution in [2.24, 2.45) is 0 Å². The number of aromatic nitrogens is 2. The van der Waals surface area contributed by atoms with Gasteiger partial charge in [0.2, 0.25) is 17.6 Å². The first kappa shape index (κ1) is 18.6. The first-order chi connectivity index (χ1) is 13.0. The van der Waals surface area contributed by atoms with Crippen molar-refractivity contribution >= 4 is 11.6 Å². The van der Waals surface area contributed by atoms with Crippen LogP contribution >= 0.6 is 0 Å². The van der Waals surface area contributed by atoms with Gasteiger partial charge >= 0.3 is 0 Å². The molecule has 3 rings (SSSR count). The molecule has 0 radical (unpaired) electrons. The van der Waals surface area contributed by atoms with E-state index < -0.39 is 0 Å². The molecule has 0 saturated heterocycles. The molecule has 0 aliphatic heterocycles. The molecule has 6 heteroatoms. The maximum atomic E-state index is 12.5. The molecule has 0 aliphatic carbocycles. The van der Waals surface area contributed by atoms with Crippen molar-refractivity contribution in [2.75, 3.05) is 19.1 Å². The first-order valence-electron chi connectivity index (χ1n) is 8.78. The minimum absolute atomic E-state index is 0.00227. The lowest BCUT2D eigenvalue weighted by Gasteiger charge is -2.18. The highest BCUT2D eigenvalue weighted by atomic mass is 16.5. The van der Waals surface area contributed by atoms with Crippen molar-refractivity contribution in [1.82, 2.24) is 10.1 Å². The molecule has 140 valence electrons. The summed E-state index contributed by atoms with van der Waals surface area (Å²) in [5.41, 5.74) is 4.08. The summed E-state index contributed by atoms with van der Waals surface area (Å²) >= 11 is 0. The van der Waals surface area contributed by atoms with Crippen LogP contribution in [0.15, 0.2) is 47.0 Å². The van der Waals surface area contributed by atoms with Gasteiger partial charge < -0.3 is 14.2 Å². The van der Waals surface area contributed by atoms with E-state index in [-0.39, 0.29) is 5.91 Å². The van der Waals surface area contributed by atoms with E-state index in [2.05, 4.69) is 17.1 Å². The lowest BCUT2D eigenvalue weighted by molar-refractivity contribution is -0.118. The zero-order chi connectivity index (χ0) is 19.4. The van der Waals surface area contributed by atoms with Gasteiger partial charge in [0, 0.05) is 31.1 Å². The van der Waals surface area contributed by atoms with E-state index in [1.54, 1.807) is 19.1 Å². The van der Waals surface area contributed by atoms with Crippen LogP contribution in [0.1, 0.15) is 23.4 Å². The number of nitrogens with zero attached hydrogens (tertiary/aromatic N) is 3. The van der Waals surface area contributed by atoms with Crippen LogP contribution in [0.25, 0.3) is 11.4 Å². The summed E-state index contributed by atoms with van der Waals surface area (Å²) in [5.74, 6) is 1.72. The third-order valence-corrected chi connectivity index (χ3v) is 4.62. The number of carbonyl (C=O) groups excluding carboxylic acids is 1. The molecule has 0 atom stereocenters. The van der Waals surface area contributed by atoms with Gasteiger partial charge in [-0.2, -0.15) is 4.98 Å². The summed E-state index contributed by atoms with van der Waals surface area (Å²) in [6, 6.07) is 13.4. The summed E-state index contributed by atoms with van der Waals surface area (Å²) in [7, 11) is 3.40. The fraction of sp³-hybridized carbons (Fsp3) is 0.286. The van der Waals surface area contributed by atoms with Gasteiger partial charge in [-0.3, -0.25) is 4.79 Å². The number of benzene rings is 2. The van der Waals surface area contributed by atoms with E-state index in [4.69, 9.17) is 9.26 Å². The molecular weight excluding hydrogens is 342 g/mol. The summed E-state index contributed by atoms with van der Waals surface area (Å²) in [6.45, 7) is 4.09. The minimum Gasteiger partial charge on any atom is -0.497 e. The predicted molar refractivity (Wildman–Crippen MR) is 104 cm³/mol. The Balaban J connectivity index is 1.61. The number of hydrogen-bond donors (Lipinski definition) is 0. The van der Waals surface area contributed by atoms with Crippen LogP contribution in [0, 0.1) is 13.8 Å². The van der Waals surface area contributed by atoms with Crippen LogP contribution in [0.3, 0.4) is 0 Å². The lowest BCUT2D eigenvalue weighted by Crippen LogP contribution is -2.26. The Morgan fingerprint density at radius 2 is 1.85 bits per heavy atom. The zero-order valence-corrected chi connectivity index (χ0v) is 16.0. The largest absolute Gasteiger partial charge is 0.497 e. The Morgan fingerprint density at radius 3 is 2.52 bits per heavy atom. The molecule has 1 aromatic heterocycles. The highest BCUT2D eigenvalue weighted by Gasteiger charge is 2.15. The van der Waals surface area contributed by atoms with E-state index >= 15 is 0 Å². The molecule has 0 fully saturated rings. The average molecular weight is 365 g/mol. The maximum absolute atomic E-state index is 12.5. The smallest absolute Gasteiger partial charge is 0.227 e. The van der Waals surface area contributed by atoms with Gasteiger partial charge in [-0.15, -0.1) is 0 Å². The van der Waals surface area contributed by atoms with E-state index in [1.807, 2.05) is 49.4 Å². The number of methoxy groups -OCH3 is 1. The summed E-state index contributed by atoms with van der Waals surface area (Å²) in [5, 5.41) is 3.99. The topological polar surface area (TPSA) is 68.5 Å². The van der Waals surface area contributed by atoms with E-state index in [9.17, 15) is 4.79 Å². The van der Waals surface area contributed by atoms with Crippen molar-refractivity contribution in [3.8, 4) is 17.1 Å². The van der Waals surface area contributed by atoms with Gasteiger partial charge in [-0.1, -0.05) is 11.2 Å². The van der Waals surface area contributed by atoms with Crippen LogP contribution in [-0.4, -0.2) is 30.2 Å². The first-order valence-corrected chi connectivity index (χ1v) is 8.78. The van der Waals surface area contributed by atoms with Crippen molar-refractivity contribution in [1.29, 1.82) is 0 Å². The summed E-state index contributed by atoms with van der Waals surface area (Å²) in [6.07, 6.45) is 0.699. The van der Waals surface area contributed by atoms with Crippen LogP contribution in [0.5, 0.6) is 5.75 Å². The maximum Gasteiger partial charge on any atom is 0.227 e. The monoisotopic (exact) mass is 365 g/mol. The standard InChI is InChI=1S/C21H23N3O3/c1-14-5-8-17(13-15(14)2)24(3)20(25)12-11-19-22-21(23-27-19)16-6-9-18(26-4)10-7-16/h5-10,13H,11-12H2,1-4H3. The van der Waals surface area contributed by atoms with Gasteiger partial charge in [-0.05, 0) is 61.4 Å². The normalized spacial score (nSPS) is 10.7. The van der Waals surface area contributed by atoms with Gasteiger partial charge in [-0.25, -0.2) is 0 Å². The van der Waals surface area contributed by atoms with Crippen LogP contribution < -0.4 is 9.64 Å². The van der Waals surface area contributed by atoms with Gasteiger partial charge in [0.25, 0.3) is 0 Å². The number of carbonyl (C=O) groups is 1. The molecule has 1 heterocycles. The quantitative estimate of drug-likeness (QED) is 0.661. The number of rotatable bonds is 6. The second-order valence-electron chi connectivity index (χ2n) is 6.46. The zero-order valence-electron chi connectivity index (χ0n) is 16.0. The highest BCUT2D eigenvalue weighted by molar-refractivity contribution is 5.93. The second-order valence-corrected chi connectivity index (χ2v) is 6.46. The summed E-state index contributed by atoms with van der Waals surface area (Å²) < 4.78 is 10.4. The molecule has 1 amide bonds. The van der Waals surface area contributed by atoms with Gasteiger partial charge in [0.05, 0.1) is 7.11 Å². The lowest BCUT2D eigenvalue weighted by atomic mass is 10.1. The molecule has 6 nitrogen and oxygen atoms in total. The molecule has 0 bridgehead atoms. The Bertz CT molecular complexity index is 932. The Kier molecular flexibility index (Phi) is 5.54. The fourth-order valence-electron chi connectivity index (χ4n) is 2.67. The Morgan fingerprint density at radius 1 is 1.11 bits per heavy atom. The number of amides is 1. The van der Waals surface area contributed by atoms with Crippen LogP contribution in [0.2, 0.25) is 0 Å².